The van der Waals surface area contributed by atoms with Gasteiger partial charge in [0.2, 0.25) is 5.91 Å². The first-order chi connectivity index (χ1) is 14.5. The first-order valence-corrected chi connectivity index (χ1v) is 11.2. The summed E-state index contributed by atoms with van der Waals surface area (Å²) in [5.41, 5.74) is -0.535. The first kappa shape index (κ1) is 25.0. The molecule has 1 saturated heterocycles. The molecule has 0 aliphatic carbocycles. The molecule has 0 aromatic heterocycles. The molecule has 0 bridgehead atoms. The molecular weight excluding hydrogens is 399 g/mol. The number of amides is 2. The standard InChI is InChI=1S/C24H37FN2O4/c1-18(2)27(23(29)31-24(3,4)5)17-19-9-7-13-26(16-19)22(28)12-8-14-30-21-11-6-10-20(25)15-21/h6,10-11,15,18-19H,7-9,12-14,16-17H2,1-5H3. The van der Waals surface area contributed by atoms with Gasteiger partial charge in [0, 0.05) is 38.2 Å². The molecule has 1 fully saturated rings. The lowest BCUT2D eigenvalue weighted by Gasteiger charge is -2.37. The van der Waals surface area contributed by atoms with Gasteiger partial charge in [-0.25, -0.2) is 9.18 Å². The molecule has 1 unspecified atom stereocenters. The smallest absolute Gasteiger partial charge is 0.410 e. The van der Waals surface area contributed by atoms with E-state index in [2.05, 4.69) is 0 Å². The lowest BCUT2D eigenvalue weighted by Crippen LogP contribution is -2.48. The quantitative estimate of drug-likeness (QED) is 0.546. The van der Waals surface area contributed by atoms with Crippen molar-refractivity contribution < 1.29 is 23.5 Å². The zero-order valence-corrected chi connectivity index (χ0v) is 19.5. The Hall–Kier alpha value is -2.31. The van der Waals surface area contributed by atoms with E-state index in [1.807, 2.05) is 39.5 Å². The van der Waals surface area contributed by atoms with Crippen molar-refractivity contribution in [2.24, 2.45) is 5.92 Å². The average molecular weight is 437 g/mol. The van der Waals surface area contributed by atoms with Crippen molar-refractivity contribution in [1.82, 2.24) is 9.80 Å². The lowest BCUT2D eigenvalue weighted by atomic mass is 9.96. The molecule has 0 radical (unpaired) electrons. The number of hydrogen-bond acceptors (Lipinski definition) is 4. The molecule has 1 aromatic carbocycles. The van der Waals surface area contributed by atoms with Crippen molar-refractivity contribution in [2.75, 3.05) is 26.2 Å². The van der Waals surface area contributed by atoms with Crippen molar-refractivity contribution in [3.05, 3.63) is 30.1 Å². The summed E-state index contributed by atoms with van der Waals surface area (Å²) in [7, 11) is 0. The molecule has 1 aromatic rings. The molecule has 1 aliphatic heterocycles. The highest BCUT2D eigenvalue weighted by atomic mass is 19.1. The van der Waals surface area contributed by atoms with E-state index in [1.165, 1.54) is 12.1 Å². The second-order valence-electron chi connectivity index (χ2n) is 9.48. The molecule has 1 heterocycles. The predicted molar refractivity (Wildman–Crippen MR) is 119 cm³/mol. The summed E-state index contributed by atoms with van der Waals surface area (Å²) >= 11 is 0. The van der Waals surface area contributed by atoms with E-state index >= 15 is 0 Å². The number of benzene rings is 1. The average Bonchev–Trinajstić information content (AvgIpc) is 2.68. The van der Waals surface area contributed by atoms with Crippen LogP contribution < -0.4 is 4.74 Å². The Bertz CT molecular complexity index is 733. The van der Waals surface area contributed by atoms with Crippen molar-refractivity contribution >= 4 is 12.0 Å². The molecule has 31 heavy (non-hydrogen) atoms. The van der Waals surface area contributed by atoms with Gasteiger partial charge in [0.1, 0.15) is 17.2 Å². The Kier molecular flexibility index (Phi) is 9.14. The lowest BCUT2D eigenvalue weighted by molar-refractivity contribution is -0.133. The monoisotopic (exact) mass is 436 g/mol. The van der Waals surface area contributed by atoms with Crippen LogP contribution in [-0.2, 0) is 9.53 Å². The fourth-order valence-corrected chi connectivity index (χ4v) is 3.66. The van der Waals surface area contributed by atoms with Crippen LogP contribution in [0.15, 0.2) is 24.3 Å². The van der Waals surface area contributed by atoms with Gasteiger partial charge >= 0.3 is 6.09 Å². The van der Waals surface area contributed by atoms with E-state index in [0.29, 0.717) is 38.3 Å². The number of piperidine rings is 1. The molecule has 0 N–H and O–H groups in total. The topological polar surface area (TPSA) is 59.1 Å². The minimum absolute atomic E-state index is 0.0286. The van der Waals surface area contributed by atoms with Crippen LogP contribution in [0.5, 0.6) is 5.75 Å². The van der Waals surface area contributed by atoms with E-state index in [1.54, 1.807) is 17.0 Å². The predicted octanol–water partition coefficient (Wildman–Crippen LogP) is 4.87. The molecule has 1 aliphatic rings. The fourth-order valence-electron chi connectivity index (χ4n) is 3.66. The van der Waals surface area contributed by atoms with Crippen molar-refractivity contribution in [3.63, 3.8) is 0 Å². The van der Waals surface area contributed by atoms with E-state index in [4.69, 9.17) is 9.47 Å². The van der Waals surface area contributed by atoms with Crippen LogP contribution in [0.3, 0.4) is 0 Å². The highest BCUT2D eigenvalue weighted by molar-refractivity contribution is 5.76. The fraction of sp³-hybridized carbons (Fsp3) is 0.667. The van der Waals surface area contributed by atoms with Gasteiger partial charge in [-0.15, -0.1) is 0 Å². The summed E-state index contributed by atoms with van der Waals surface area (Å²) in [5.74, 6) is 0.466. The van der Waals surface area contributed by atoms with Gasteiger partial charge in [-0.2, -0.15) is 0 Å². The zero-order valence-electron chi connectivity index (χ0n) is 19.5. The van der Waals surface area contributed by atoms with Crippen molar-refractivity contribution in [2.45, 2.75) is 71.9 Å². The number of hydrogen-bond donors (Lipinski definition) is 0. The van der Waals surface area contributed by atoms with Crippen LogP contribution in [0.4, 0.5) is 9.18 Å². The van der Waals surface area contributed by atoms with Crippen LogP contribution >= 0.6 is 0 Å². The molecule has 0 spiro atoms. The zero-order chi connectivity index (χ0) is 23.0. The third-order valence-electron chi connectivity index (χ3n) is 5.18. The molecule has 0 saturated carbocycles. The van der Waals surface area contributed by atoms with Gasteiger partial charge < -0.3 is 19.3 Å². The number of carbonyl (C=O) groups excluding carboxylic acids is 2. The summed E-state index contributed by atoms with van der Waals surface area (Å²) in [6.07, 6.45) is 2.57. The number of likely N-dealkylation sites (tertiary alicyclic amines) is 1. The van der Waals surface area contributed by atoms with Crippen LogP contribution in [0.25, 0.3) is 0 Å². The van der Waals surface area contributed by atoms with Crippen LogP contribution in [0.2, 0.25) is 0 Å². The molecule has 2 amide bonds. The molecule has 174 valence electrons. The maximum absolute atomic E-state index is 13.2. The maximum Gasteiger partial charge on any atom is 0.410 e. The number of ether oxygens (including phenoxy) is 2. The van der Waals surface area contributed by atoms with Crippen LogP contribution in [0, 0.1) is 11.7 Å². The van der Waals surface area contributed by atoms with Crippen molar-refractivity contribution in [3.8, 4) is 5.75 Å². The van der Waals surface area contributed by atoms with Gasteiger partial charge in [-0.05, 0) is 71.9 Å². The van der Waals surface area contributed by atoms with Crippen LogP contribution in [-0.4, -0.2) is 59.7 Å². The largest absolute Gasteiger partial charge is 0.493 e. The number of carbonyl (C=O) groups is 2. The minimum atomic E-state index is -0.535. The summed E-state index contributed by atoms with van der Waals surface area (Å²) in [6.45, 7) is 11.9. The normalized spacial score (nSPS) is 16.9. The van der Waals surface area contributed by atoms with Crippen LogP contribution in [0.1, 0.15) is 60.3 Å². The molecule has 6 nitrogen and oxygen atoms in total. The molecular formula is C24H37FN2O4. The van der Waals surface area contributed by atoms with E-state index in [0.717, 1.165) is 19.4 Å². The maximum atomic E-state index is 13.2. The van der Waals surface area contributed by atoms with E-state index < -0.39 is 5.60 Å². The Morgan fingerprint density at radius 1 is 1.29 bits per heavy atom. The highest BCUT2D eigenvalue weighted by Gasteiger charge is 2.30. The molecule has 2 rings (SSSR count). The molecule has 7 heteroatoms. The first-order valence-electron chi connectivity index (χ1n) is 11.2. The van der Waals surface area contributed by atoms with Gasteiger partial charge in [-0.1, -0.05) is 6.07 Å². The van der Waals surface area contributed by atoms with Crippen molar-refractivity contribution in [1.29, 1.82) is 0 Å². The highest BCUT2D eigenvalue weighted by Crippen LogP contribution is 2.21. The Morgan fingerprint density at radius 2 is 2.03 bits per heavy atom. The van der Waals surface area contributed by atoms with Gasteiger partial charge in [-0.3, -0.25) is 4.79 Å². The Labute approximate surface area is 185 Å². The van der Waals surface area contributed by atoms with E-state index in [-0.39, 0.29) is 29.8 Å². The number of rotatable bonds is 8. The summed E-state index contributed by atoms with van der Waals surface area (Å²) < 4.78 is 24.3. The second kappa shape index (κ2) is 11.3. The second-order valence-corrected chi connectivity index (χ2v) is 9.48. The van der Waals surface area contributed by atoms with Gasteiger partial charge in [0.25, 0.3) is 0 Å². The summed E-state index contributed by atoms with van der Waals surface area (Å²) in [4.78, 5) is 28.9. The van der Waals surface area contributed by atoms with Gasteiger partial charge in [0.15, 0.2) is 0 Å². The third-order valence-corrected chi connectivity index (χ3v) is 5.18. The summed E-state index contributed by atoms with van der Waals surface area (Å²) in [6, 6.07) is 6.03. The SMILES string of the molecule is CC(C)N(CC1CCCN(C(=O)CCCOc2cccc(F)c2)C1)C(=O)OC(C)(C)C. The Morgan fingerprint density at radius 3 is 2.68 bits per heavy atom. The van der Waals surface area contributed by atoms with E-state index in [9.17, 15) is 14.0 Å². The summed E-state index contributed by atoms with van der Waals surface area (Å²) in [5, 5.41) is 0. The number of nitrogens with zero attached hydrogens (tertiary/aromatic N) is 2. The third kappa shape index (κ3) is 8.75. The number of halogens is 1. The van der Waals surface area contributed by atoms with Gasteiger partial charge in [0.05, 0.1) is 6.61 Å². The Balaban J connectivity index is 1.80. The minimum Gasteiger partial charge on any atom is -0.493 e. The molecule has 1 atom stereocenters.